The van der Waals surface area contributed by atoms with Crippen LogP contribution in [0.1, 0.15) is 37.3 Å². The van der Waals surface area contributed by atoms with E-state index < -0.39 is 10.0 Å². The van der Waals surface area contributed by atoms with E-state index >= 15 is 0 Å². The van der Waals surface area contributed by atoms with Gasteiger partial charge < -0.3 is 9.40 Å². The highest BCUT2D eigenvalue weighted by molar-refractivity contribution is 7.89. The number of aryl methyl sites for hydroxylation is 1. The Morgan fingerprint density at radius 3 is 2.46 bits per heavy atom. The van der Waals surface area contributed by atoms with Gasteiger partial charge in [0.05, 0.1) is 10.6 Å². The topological polar surface area (TPSA) is 75.1 Å². The van der Waals surface area contributed by atoms with Crippen molar-refractivity contribution in [2.75, 3.05) is 6.54 Å². The van der Waals surface area contributed by atoms with E-state index in [4.69, 9.17) is 4.42 Å². The Kier molecular flexibility index (Phi) is 6.75. The molecule has 0 aliphatic heterocycles. The maximum Gasteiger partial charge on any atom is 0.240 e. The Hall–Kier alpha value is -3.35. The zero-order chi connectivity index (χ0) is 24.3. The zero-order valence-electron chi connectivity index (χ0n) is 19.9. The fourth-order valence-electron chi connectivity index (χ4n) is 4.58. The van der Waals surface area contributed by atoms with E-state index in [9.17, 15) is 8.42 Å². The number of benzene rings is 3. The summed E-state index contributed by atoms with van der Waals surface area (Å²) >= 11 is 0. The van der Waals surface area contributed by atoms with Gasteiger partial charge in [-0.15, -0.1) is 0 Å². The lowest BCUT2D eigenvalue weighted by atomic mass is 10.1. The second kappa shape index (κ2) is 10.1. The molecule has 35 heavy (non-hydrogen) atoms. The number of rotatable bonds is 10. The fraction of sp³-hybridized carbons (Fsp3) is 0.241. The van der Waals surface area contributed by atoms with Crippen LogP contribution in [0, 0.1) is 0 Å². The maximum absolute atomic E-state index is 12.9. The third-order valence-electron chi connectivity index (χ3n) is 6.46. The fourth-order valence-corrected chi connectivity index (χ4v) is 5.62. The van der Waals surface area contributed by atoms with Gasteiger partial charge in [0.15, 0.2) is 5.76 Å². The first-order valence-corrected chi connectivity index (χ1v) is 13.7. The smallest absolute Gasteiger partial charge is 0.240 e. The van der Waals surface area contributed by atoms with Crippen LogP contribution < -0.4 is 4.72 Å². The first-order valence-electron chi connectivity index (χ1n) is 12.2. The normalized spacial score (nSPS) is 12.0. The van der Waals surface area contributed by atoms with Crippen LogP contribution in [0.2, 0.25) is 0 Å². The third-order valence-corrected chi connectivity index (χ3v) is 7.93. The standard InChI is InChI=1S/C29H30N2O3S/c1-2-3-4-9-21-14-16-23(17-15-21)35(32,33)30-19-18-25-24-11-6-7-12-26(24)31-29(25)28-20-22-10-5-8-13-27(22)34-28/h5-8,10-17,20,30-31H,2-4,9,18-19H2,1H3. The van der Waals surface area contributed by atoms with Crippen molar-refractivity contribution in [3.05, 3.63) is 90.0 Å². The lowest BCUT2D eigenvalue weighted by Crippen LogP contribution is -2.26. The Morgan fingerprint density at radius 1 is 0.886 bits per heavy atom. The van der Waals surface area contributed by atoms with Gasteiger partial charge in [0.1, 0.15) is 5.58 Å². The van der Waals surface area contributed by atoms with Crippen molar-refractivity contribution in [2.45, 2.75) is 43.9 Å². The summed E-state index contributed by atoms with van der Waals surface area (Å²) < 4.78 is 34.8. The molecule has 0 aliphatic rings. The molecule has 2 N–H and O–H groups in total. The van der Waals surface area contributed by atoms with Gasteiger partial charge in [-0.25, -0.2) is 13.1 Å². The van der Waals surface area contributed by atoms with Crippen molar-refractivity contribution in [1.29, 1.82) is 0 Å². The molecule has 5 aromatic rings. The minimum Gasteiger partial charge on any atom is -0.455 e. The number of H-pyrrole nitrogens is 1. The molecule has 2 aromatic heterocycles. The number of nitrogens with one attached hydrogen (secondary N) is 2. The molecule has 2 heterocycles. The predicted molar refractivity (Wildman–Crippen MR) is 142 cm³/mol. The molecular formula is C29H30N2O3S. The molecule has 0 spiro atoms. The summed E-state index contributed by atoms with van der Waals surface area (Å²) in [5.74, 6) is 0.749. The molecule has 0 amide bonds. The molecule has 180 valence electrons. The van der Waals surface area contributed by atoms with Crippen molar-refractivity contribution in [3.63, 3.8) is 0 Å². The minimum atomic E-state index is -3.59. The molecule has 0 saturated heterocycles. The molecule has 5 nitrogen and oxygen atoms in total. The van der Waals surface area contributed by atoms with Crippen molar-refractivity contribution in [2.24, 2.45) is 0 Å². The van der Waals surface area contributed by atoms with Gasteiger partial charge in [-0.1, -0.05) is 68.3 Å². The molecule has 5 rings (SSSR count). The average Bonchev–Trinajstić information content (AvgIpc) is 3.46. The van der Waals surface area contributed by atoms with Gasteiger partial charge in [-0.2, -0.15) is 0 Å². The van der Waals surface area contributed by atoms with Crippen LogP contribution in [0.5, 0.6) is 0 Å². The van der Waals surface area contributed by atoms with Crippen LogP contribution in [-0.4, -0.2) is 19.9 Å². The zero-order valence-corrected chi connectivity index (χ0v) is 20.7. The van der Waals surface area contributed by atoms with Gasteiger partial charge in [0.25, 0.3) is 0 Å². The molecule has 6 heteroatoms. The van der Waals surface area contributed by atoms with Crippen molar-refractivity contribution < 1.29 is 12.8 Å². The lowest BCUT2D eigenvalue weighted by Gasteiger charge is -2.09. The largest absolute Gasteiger partial charge is 0.455 e. The quantitative estimate of drug-likeness (QED) is 0.212. The van der Waals surface area contributed by atoms with Gasteiger partial charge >= 0.3 is 0 Å². The number of hydrogen-bond acceptors (Lipinski definition) is 3. The molecular weight excluding hydrogens is 456 g/mol. The highest BCUT2D eigenvalue weighted by Gasteiger charge is 2.18. The lowest BCUT2D eigenvalue weighted by molar-refractivity contribution is 0.581. The third kappa shape index (κ3) is 5.04. The number of para-hydroxylation sites is 2. The summed E-state index contributed by atoms with van der Waals surface area (Å²) in [4.78, 5) is 3.78. The Labute approximate surface area is 206 Å². The van der Waals surface area contributed by atoms with Crippen molar-refractivity contribution in [3.8, 4) is 11.5 Å². The average molecular weight is 487 g/mol. The Bertz CT molecular complexity index is 1510. The number of furan rings is 1. The van der Waals surface area contributed by atoms with Crippen LogP contribution in [0.4, 0.5) is 0 Å². The monoisotopic (exact) mass is 486 g/mol. The van der Waals surface area contributed by atoms with Crippen LogP contribution in [0.15, 0.2) is 88.2 Å². The van der Waals surface area contributed by atoms with E-state index in [0.29, 0.717) is 11.3 Å². The minimum absolute atomic E-state index is 0.287. The molecule has 0 bridgehead atoms. The molecule has 0 unspecified atom stereocenters. The number of unbranched alkanes of at least 4 members (excludes halogenated alkanes) is 2. The SMILES string of the molecule is CCCCCc1ccc(S(=O)(=O)NCCc2c(-c3cc4ccccc4o3)[nH]c3ccccc23)cc1. The number of sulfonamides is 1. The summed E-state index contributed by atoms with van der Waals surface area (Å²) in [6.07, 6.45) is 4.99. The highest BCUT2D eigenvalue weighted by atomic mass is 32.2. The maximum atomic E-state index is 12.9. The summed E-state index contributed by atoms with van der Waals surface area (Å²) in [7, 11) is -3.59. The van der Waals surface area contributed by atoms with Crippen LogP contribution in [0.25, 0.3) is 33.3 Å². The van der Waals surface area contributed by atoms with Crippen molar-refractivity contribution >= 4 is 31.9 Å². The van der Waals surface area contributed by atoms with E-state index in [-0.39, 0.29) is 6.54 Å². The second-order valence-electron chi connectivity index (χ2n) is 8.92. The van der Waals surface area contributed by atoms with Crippen molar-refractivity contribution in [1.82, 2.24) is 9.71 Å². The number of aromatic amines is 1. The van der Waals surface area contributed by atoms with Gasteiger partial charge in [-0.05, 0) is 60.7 Å². The number of fused-ring (bicyclic) bond motifs is 2. The van der Waals surface area contributed by atoms with Crippen LogP contribution >= 0.6 is 0 Å². The van der Waals surface area contributed by atoms with E-state index in [2.05, 4.69) is 22.7 Å². The predicted octanol–water partition coefficient (Wildman–Crippen LogP) is 6.83. The first kappa shape index (κ1) is 23.4. The van der Waals surface area contributed by atoms with E-state index in [0.717, 1.165) is 51.7 Å². The Morgan fingerprint density at radius 2 is 1.66 bits per heavy atom. The summed E-state index contributed by atoms with van der Waals surface area (Å²) in [6, 6.07) is 25.2. The summed E-state index contributed by atoms with van der Waals surface area (Å²) in [5.41, 5.74) is 4.92. The molecule has 3 aromatic carbocycles. The number of hydrogen-bond donors (Lipinski definition) is 2. The second-order valence-corrected chi connectivity index (χ2v) is 10.7. The van der Waals surface area contributed by atoms with E-state index in [1.165, 1.54) is 18.4 Å². The highest BCUT2D eigenvalue weighted by Crippen LogP contribution is 2.34. The van der Waals surface area contributed by atoms with Gasteiger partial charge in [-0.3, -0.25) is 0 Å². The molecule has 0 radical (unpaired) electrons. The van der Waals surface area contributed by atoms with Gasteiger partial charge in [0.2, 0.25) is 10.0 Å². The summed E-state index contributed by atoms with van der Waals surface area (Å²) in [5, 5.41) is 2.10. The molecule has 0 fully saturated rings. The summed E-state index contributed by atoms with van der Waals surface area (Å²) in [6.45, 7) is 2.47. The molecule has 0 atom stereocenters. The van der Waals surface area contributed by atoms with E-state index in [1.54, 1.807) is 12.1 Å². The van der Waals surface area contributed by atoms with E-state index in [1.807, 2.05) is 60.7 Å². The molecule has 0 saturated carbocycles. The number of aromatic nitrogens is 1. The van der Waals surface area contributed by atoms with Crippen LogP contribution in [-0.2, 0) is 22.9 Å². The van der Waals surface area contributed by atoms with Gasteiger partial charge in [0, 0.05) is 22.8 Å². The van der Waals surface area contributed by atoms with Crippen LogP contribution in [0.3, 0.4) is 0 Å². The first-order chi connectivity index (χ1) is 17.0. The molecule has 0 aliphatic carbocycles. The Balaban J connectivity index is 1.35.